The van der Waals surface area contributed by atoms with Crippen molar-refractivity contribution in [2.24, 2.45) is 0 Å². The van der Waals surface area contributed by atoms with E-state index in [0.717, 1.165) is 0 Å². The molecule has 3 nitrogen and oxygen atoms in total. The highest BCUT2D eigenvalue weighted by atomic mass is 16.5. The maximum atomic E-state index is 4.66. The Kier molecular flexibility index (Phi) is 3.32. The maximum Gasteiger partial charge on any atom is 0.242 e. The standard InChI is InChI=1S/C4H10N2O/c1-5-6(2)4-7-3/h2,4H2,1,3H3. The summed E-state index contributed by atoms with van der Waals surface area (Å²) in [5.74, 6) is 0. The maximum absolute atomic E-state index is 4.66. The molecule has 0 fully saturated rings. The molecule has 3 heteroatoms. The van der Waals surface area contributed by atoms with Gasteiger partial charge in [-0.3, -0.25) is 4.68 Å². The molecule has 0 aromatic heterocycles. The number of nitrogens with zero attached hydrogens (tertiary/aromatic N) is 2. The lowest BCUT2D eigenvalue weighted by molar-refractivity contribution is -0.512. The average molecular weight is 102 g/mol. The van der Waals surface area contributed by atoms with Gasteiger partial charge in [-0.1, -0.05) is 7.05 Å². The second-order valence-corrected chi connectivity index (χ2v) is 1.12. The van der Waals surface area contributed by atoms with Gasteiger partial charge in [0.2, 0.25) is 6.73 Å². The van der Waals surface area contributed by atoms with E-state index in [1.54, 1.807) is 14.2 Å². The average Bonchev–Trinajstić information content (AvgIpc) is 1.68. The summed E-state index contributed by atoms with van der Waals surface area (Å²) in [5, 5.41) is 0. The van der Waals surface area contributed by atoms with Crippen molar-refractivity contribution in [3.05, 3.63) is 5.43 Å². The number of rotatable bonds is 3. The van der Waals surface area contributed by atoms with Gasteiger partial charge in [-0.15, -0.1) is 0 Å². The van der Waals surface area contributed by atoms with Gasteiger partial charge in [-0.25, -0.2) is 0 Å². The Morgan fingerprint density at radius 1 is 1.86 bits per heavy atom. The van der Waals surface area contributed by atoms with E-state index in [0.29, 0.717) is 6.73 Å². The fourth-order valence-electron chi connectivity index (χ4n) is 0.207. The quantitative estimate of drug-likeness (QED) is 0.217. The molecule has 0 aliphatic carbocycles. The zero-order valence-electron chi connectivity index (χ0n) is 4.72. The van der Waals surface area contributed by atoms with Crippen LogP contribution in [-0.2, 0) is 4.74 Å². The fourth-order valence-corrected chi connectivity index (χ4v) is 0.207. The van der Waals surface area contributed by atoms with Crippen LogP contribution in [0.1, 0.15) is 0 Å². The van der Waals surface area contributed by atoms with Crippen LogP contribution in [0.25, 0.3) is 5.43 Å². The van der Waals surface area contributed by atoms with E-state index in [9.17, 15) is 0 Å². The van der Waals surface area contributed by atoms with Crippen LogP contribution in [0, 0.1) is 0 Å². The first-order valence-corrected chi connectivity index (χ1v) is 1.98. The number of methoxy groups -OCH3 is 1. The molecule has 7 heavy (non-hydrogen) atoms. The molecule has 0 spiro atoms. The third kappa shape index (κ3) is 3.26. The van der Waals surface area contributed by atoms with Crippen molar-refractivity contribution >= 4 is 6.72 Å². The Hall–Kier alpha value is -0.570. The van der Waals surface area contributed by atoms with Crippen LogP contribution in [0.3, 0.4) is 0 Å². The summed E-state index contributed by atoms with van der Waals surface area (Å²) in [6, 6.07) is 0. The van der Waals surface area contributed by atoms with E-state index in [4.69, 9.17) is 0 Å². The van der Waals surface area contributed by atoms with Crippen molar-refractivity contribution in [3.8, 4) is 0 Å². The largest absolute Gasteiger partial charge is 0.442 e. The van der Waals surface area contributed by atoms with Crippen molar-refractivity contribution in [2.75, 3.05) is 20.9 Å². The molecule has 0 aliphatic rings. The SMILES string of the molecule is C=[N+](COC)[N-]C. The van der Waals surface area contributed by atoms with Crippen LogP contribution in [0.5, 0.6) is 0 Å². The highest BCUT2D eigenvalue weighted by molar-refractivity contribution is 5.14. The van der Waals surface area contributed by atoms with Gasteiger partial charge in [-0.05, 0) is 0 Å². The van der Waals surface area contributed by atoms with Crippen molar-refractivity contribution < 1.29 is 9.42 Å². The summed E-state index contributed by atoms with van der Waals surface area (Å²) in [7, 11) is 3.26. The van der Waals surface area contributed by atoms with E-state index in [1.165, 1.54) is 4.68 Å². The molecule has 0 radical (unpaired) electrons. The van der Waals surface area contributed by atoms with Crippen molar-refractivity contribution in [2.45, 2.75) is 0 Å². The molecule has 0 N–H and O–H groups in total. The Balaban J connectivity index is 3.00. The molecule has 0 saturated carbocycles. The molecule has 0 heterocycles. The third-order valence-electron chi connectivity index (χ3n) is 0.561. The minimum absolute atomic E-state index is 0.455. The zero-order valence-corrected chi connectivity index (χ0v) is 4.72. The van der Waals surface area contributed by atoms with Gasteiger partial charge in [0, 0.05) is 7.11 Å². The van der Waals surface area contributed by atoms with E-state index >= 15 is 0 Å². The molecule has 0 rings (SSSR count). The summed E-state index contributed by atoms with van der Waals surface area (Å²) in [4.78, 5) is 0. The van der Waals surface area contributed by atoms with Gasteiger partial charge < -0.3 is 10.2 Å². The molecule has 0 amide bonds. The Bertz CT molecular complexity index is 62.7. The molecule has 0 bridgehead atoms. The highest BCUT2D eigenvalue weighted by Crippen LogP contribution is 1.77. The van der Waals surface area contributed by atoms with Crippen molar-refractivity contribution in [1.29, 1.82) is 0 Å². The third-order valence-corrected chi connectivity index (χ3v) is 0.561. The first-order chi connectivity index (χ1) is 3.31. The Morgan fingerprint density at radius 3 is 2.57 bits per heavy atom. The van der Waals surface area contributed by atoms with Gasteiger partial charge in [0.25, 0.3) is 0 Å². The predicted molar refractivity (Wildman–Crippen MR) is 28.5 cm³/mol. The van der Waals surface area contributed by atoms with Gasteiger partial charge in [0.1, 0.15) is 6.72 Å². The summed E-state index contributed by atoms with van der Waals surface area (Å²) in [5.41, 5.74) is 3.68. The van der Waals surface area contributed by atoms with Crippen molar-refractivity contribution in [1.82, 2.24) is 0 Å². The molecule has 42 valence electrons. The monoisotopic (exact) mass is 102 g/mol. The van der Waals surface area contributed by atoms with Crippen LogP contribution in [0.2, 0.25) is 0 Å². The lowest BCUT2D eigenvalue weighted by Gasteiger charge is -2.06. The van der Waals surface area contributed by atoms with Crippen LogP contribution < -0.4 is 0 Å². The molecule has 0 unspecified atom stereocenters. The molecular weight excluding hydrogens is 92.1 g/mol. The Morgan fingerprint density at radius 2 is 2.43 bits per heavy atom. The highest BCUT2D eigenvalue weighted by Gasteiger charge is 1.78. The van der Waals surface area contributed by atoms with E-state index < -0.39 is 0 Å². The summed E-state index contributed by atoms with van der Waals surface area (Å²) in [6.07, 6.45) is 0. The minimum atomic E-state index is 0.455. The van der Waals surface area contributed by atoms with Crippen LogP contribution in [-0.4, -0.2) is 32.3 Å². The fraction of sp³-hybridized carbons (Fsp3) is 0.750. The first kappa shape index (κ1) is 6.43. The van der Waals surface area contributed by atoms with Gasteiger partial charge in [0.15, 0.2) is 0 Å². The van der Waals surface area contributed by atoms with Gasteiger partial charge >= 0.3 is 0 Å². The predicted octanol–water partition coefficient (Wildman–Crippen LogP) is 0.222. The van der Waals surface area contributed by atoms with Crippen LogP contribution in [0.4, 0.5) is 0 Å². The summed E-state index contributed by atoms with van der Waals surface area (Å²) in [6.45, 7) is 3.94. The number of hydrogen-bond acceptors (Lipinski definition) is 1. The molecule has 0 saturated heterocycles. The minimum Gasteiger partial charge on any atom is -0.442 e. The van der Waals surface area contributed by atoms with Gasteiger partial charge in [0.05, 0.1) is 0 Å². The zero-order chi connectivity index (χ0) is 5.70. The molecule has 0 aromatic rings. The van der Waals surface area contributed by atoms with E-state index in [1.807, 2.05) is 0 Å². The van der Waals surface area contributed by atoms with Crippen LogP contribution >= 0.6 is 0 Å². The van der Waals surface area contributed by atoms with Crippen LogP contribution in [0.15, 0.2) is 0 Å². The van der Waals surface area contributed by atoms with Crippen molar-refractivity contribution in [3.63, 3.8) is 0 Å². The first-order valence-electron chi connectivity index (χ1n) is 1.98. The van der Waals surface area contributed by atoms with E-state index in [-0.39, 0.29) is 0 Å². The molecule has 0 aromatic carbocycles. The Labute approximate surface area is 43.6 Å². The topological polar surface area (TPSA) is 26.3 Å². The smallest absolute Gasteiger partial charge is 0.242 e. The molecule has 0 aliphatic heterocycles. The number of ether oxygens (including phenoxy) is 1. The number of hydrogen-bond donors (Lipinski definition) is 0. The normalized spacial score (nSPS) is 8.29. The van der Waals surface area contributed by atoms with E-state index in [2.05, 4.69) is 16.9 Å². The lowest BCUT2D eigenvalue weighted by atomic mass is 11.1. The molecular formula is C4H10N2O. The lowest BCUT2D eigenvalue weighted by Crippen LogP contribution is -2.05. The van der Waals surface area contributed by atoms with Gasteiger partial charge in [-0.2, -0.15) is 0 Å². The second kappa shape index (κ2) is 3.61. The summed E-state index contributed by atoms with van der Waals surface area (Å²) < 4.78 is 6.12. The summed E-state index contributed by atoms with van der Waals surface area (Å²) >= 11 is 0. The molecule has 0 atom stereocenters. The second-order valence-electron chi connectivity index (χ2n) is 1.12.